The van der Waals surface area contributed by atoms with Gasteiger partial charge in [0.05, 0.1) is 19.8 Å². The number of hydrogen-bond donors (Lipinski definition) is 0. The molecule has 0 atom stereocenters. The smallest absolute Gasteiger partial charge is 0.345 e. The van der Waals surface area contributed by atoms with Crippen LogP contribution in [0.3, 0.4) is 0 Å². The predicted octanol–water partition coefficient (Wildman–Crippen LogP) is -0.630. The fraction of sp³-hybridized carbons (Fsp3) is 0.545. The van der Waals surface area contributed by atoms with Crippen LogP contribution in [0.4, 0.5) is 0 Å². The Morgan fingerprint density at radius 2 is 2.06 bits per heavy atom. The van der Waals surface area contributed by atoms with Gasteiger partial charge in [0, 0.05) is 20.4 Å². The summed E-state index contributed by atoms with van der Waals surface area (Å²) >= 11 is 0. The fourth-order valence-corrected chi connectivity index (χ4v) is 1.43. The minimum absolute atomic E-state index is 0.157. The van der Waals surface area contributed by atoms with Gasteiger partial charge in [-0.05, 0) is 6.92 Å². The molecule has 1 aromatic rings. The van der Waals surface area contributed by atoms with Gasteiger partial charge < -0.3 is 9.47 Å². The molecule has 1 heterocycles. The second-order valence-corrected chi connectivity index (χ2v) is 3.60. The van der Waals surface area contributed by atoms with Gasteiger partial charge in [0.2, 0.25) is 0 Å². The number of hydrogen-bond acceptors (Lipinski definition) is 5. The first-order chi connectivity index (χ1) is 8.52. The molecule has 0 saturated heterocycles. The third-order valence-corrected chi connectivity index (χ3v) is 2.38. The summed E-state index contributed by atoms with van der Waals surface area (Å²) in [5.74, 6) is -0.732. The monoisotopic (exact) mass is 256 g/mol. The Morgan fingerprint density at radius 1 is 1.39 bits per heavy atom. The molecule has 0 unspecified atom stereocenters. The van der Waals surface area contributed by atoms with Gasteiger partial charge in [0.1, 0.15) is 5.56 Å². The van der Waals surface area contributed by atoms with E-state index >= 15 is 0 Å². The number of ether oxygens (including phenoxy) is 2. The fourth-order valence-electron chi connectivity index (χ4n) is 1.43. The van der Waals surface area contributed by atoms with Crippen molar-refractivity contribution in [3.05, 3.63) is 32.6 Å². The molecule has 0 fully saturated rings. The number of esters is 1. The molecule has 0 aliphatic heterocycles. The molecule has 0 amide bonds. The molecule has 0 aromatic carbocycles. The average Bonchev–Trinajstić information content (AvgIpc) is 2.35. The number of nitrogens with zero attached hydrogens (tertiary/aromatic N) is 2. The van der Waals surface area contributed by atoms with Crippen molar-refractivity contribution in [2.24, 2.45) is 7.05 Å². The Balaban J connectivity index is 3.27. The second-order valence-electron chi connectivity index (χ2n) is 3.60. The van der Waals surface area contributed by atoms with Crippen LogP contribution in [0.1, 0.15) is 17.3 Å². The number of aromatic nitrogens is 2. The number of methoxy groups -OCH3 is 1. The summed E-state index contributed by atoms with van der Waals surface area (Å²) in [5.41, 5.74) is -1.31. The summed E-state index contributed by atoms with van der Waals surface area (Å²) in [5, 5.41) is 0. The normalized spacial score (nSPS) is 10.4. The lowest BCUT2D eigenvalue weighted by Gasteiger charge is -2.09. The van der Waals surface area contributed by atoms with E-state index in [9.17, 15) is 14.4 Å². The maximum atomic E-state index is 11.7. The van der Waals surface area contributed by atoms with Crippen molar-refractivity contribution in [1.29, 1.82) is 0 Å². The average molecular weight is 256 g/mol. The highest BCUT2D eigenvalue weighted by Gasteiger charge is 2.16. The molecule has 0 radical (unpaired) electrons. The Hall–Kier alpha value is -1.89. The van der Waals surface area contributed by atoms with Gasteiger partial charge in [-0.25, -0.2) is 9.59 Å². The third-order valence-electron chi connectivity index (χ3n) is 2.38. The van der Waals surface area contributed by atoms with Crippen molar-refractivity contribution in [2.75, 3.05) is 20.3 Å². The summed E-state index contributed by atoms with van der Waals surface area (Å²) in [7, 11) is 2.82. The van der Waals surface area contributed by atoms with E-state index < -0.39 is 17.2 Å². The maximum absolute atomic E-state index is 11.7. The minimum atomic E-state index is -0.732. The van der Waals surface area contributed by atoms with Gasteiger partial charge in [-0.3, -0.25) is 13.9 Å². The number of carbonyl (C=O) groups is 1. The Bertz CT molecular complexity index is 543. The van der Waals surface area contributed by atoms with Crippen molar-refractivity contribution in [3.63, 3.8) is 0 Å². The van der Waals surface area contributed by atoms with Crippen molar-refractivity contribution in [2.45, 2.75) is 13.5 Å². The molecule has 0 aliphatic rings. The van der Waals surface area contributed by atoms with Crippen LogP contribution in [-0.4, -0.2) is 35.4 Å². The topological polar surface area (TPSA) is 79.5 Å². The minimum Gasteiger partial charge on any atom is -0.462 e. The number of rotatable bonds is 5. The van der Waals surface area contributed by atoms with Gasteiger partial charge >= 0.3 is 11.7 Å². The van der Waals surface area contributed by atoms with Crippen LogP contribution < -0.4 is 11.2 Å². The van der Waals surface area contributed by atoms with Crippen LogP contribution in [0.2, 0.25) is 0 Å². The standard InChI is InChI=1S/C11H16N2O5/c1-4-18-10(15)8-7-13(5-6-17-3)11(16)12(2)9(8)14/h7H,4-6H2,1-3H3. The van der Waals surface area contributed by atoms with Crippen LogP contribution in [-0.2, 0) is 23.1 Å². The van der Waals surface area contributed by atoms with E-state index in [0.717, 1.165) is 4.57 Å². The first-order valence-corrected chi connectivity index (χ1v) is 5.49. The molecule has 7 heteroatoms. The van der Waals surface area contributed by atoms with Crippen molar-refractivity contribution < 1.29 is 14.3 Å². The SMILES string of the molecule is CCOC(=O)c1cn(CCOC)c(=O)n(C)c1=O. The van der Waals surface area contributed by atoms with E-state index in [1.165, 1.54) is 24.9 Å². The highest BCUT2D eigenvalue weighted by Crippen LogP contribution is 1.94. The first kappa shape index (κ1) is 14.2. The molecule has 0 saturated carbocycles. The molecule has 1 rings (SSSR count). The van der Waals surface area contributed by atoms with Gasteiger partial charge in [0.15, 0.2) is 0 Å². The quantitative estimate of drug-likeness (QED) is 0.655. The largest absolute Gasteiger partial charge is 0.462 e. The summed E-state index contributed by atoms with van der Waals surface area (Å²) in [4.78, 5) is 35.1. The summed E-state index contributed by atoms with van der Waals surface area (Å²) in [6.07, 6.45) is 1.21. The van der Waals surface area contributed by atoms with Crippen LogP contribution in [0.5, 0.6) is 0 Å². The molecule has 0 N–H and O–H groups in total. The number of carbonyl (C=O) groups excluding carboxylic acids is 1. The van der Waals surface area contributed by atoms with Gasteiger partial charge in [-0.2, -0.15) is 0 Å². The Labute approximate surface area is 104 Å². The van der Waals surface area contributed by atoms with Crippen molar-refractivity contribution in [3.8, 4) is 0 Å². The lowest BCUT2D eigenvalue weighted by Crippen LogP contribution is -2.41. The Kier molecular flexibility index (Phi) is 4.85. The molecular weight excluding hydrogens is 240 g/mol. The first-order valence-electron chi connectivity index (χ1n) is 5.49. The van der Waals surface area contributed by atoms with E-state index in [0.29, 0.717) is 6.61 Å². The van der Waals surface area contributed by atoms with Crippen LogP contribution in [0.25, 0.3) is 0 Å². The zero-order valence-corrected chi connectivity index (χ0v) is 10.6. The molecule has 7 nitrogen and oxygen atoms in total. The molecule has 18 heavy (non-hydrogen) atoms. The van der Waals surface area contributed by atoms with E-state index in [1.54, 1.807) is 6.92 Å². The second kappa shape index (κ2) is 6.15. The van der Waals surface area contributed by atoms with Crippen LogP contribution in [0.15, 0.2) is 15.8 Å². The Morgan fingerprint density at radius 3 is 2.61 bits per heavy atom. The van der Waals surface area contributed by atoms with Gasteiger partial charge in [-0.15, -0.1) is 0 Å². The third kappa shape index (κ3) is 2.86. The summed E-state index contributed by atoms with van der Waals surface area (Å²) in [6, 6.07) is 0. The lowest BCUT2D eigenvalue weighted by atomic mass is 10.3. The zero-order valence-electron chi connectivity index (χ0n) is 10.6. The maximum Gasteiger partial charge on any atom is 0.345 e. The molecule has 100 valence electrons. The van der Waals surface area contributed by atoms with Gasteiger partial charge in [0.25, 0.3) is 5.56 Å². The van der Waals surface area contributed by atoms with E-state index in [2.05, 4.69) is 0 Å². The van der Waals surface area contributed by atoms with E-state index in [-0.39, 0.29) is 18.7 Å². The van der Waals surface area contributed by atoms with Crippen molar-refractivity contribution in [1.82, 2.24) is 9.13 Å². The predicted molar refractivity (Wildman–Crippen MR) is 63.8 cm³/mol. The molecule has 0 aliphatic carbocycles. The summed E-state index contributed by atoms with van der Waals surface area (Å²) in [6.45, 7) is 2.37. The molecule has 0 bridgehead atoms. The van der Waals surface area contributed by atoms with Gasteiger partial charge in [-0.1, -0.05) is 0 Å². The highest BCUT2D eigenvalue weighted by atomic mass is 16.5. The van der Waals surface area contributed by atoms with E-state index in [1.807, 2.05) is 0 Å². The lowest BCUT2D eigenvalue weighted by molar-refractivity contribution is 0.0521. The van der Waals surface area contributed by atoms with Crippen molar-refractivity contribution >= 4 is 5.97 Å². The van der Waals surface area contributed by atoms with Crippen LogP contribution >= 0.6 is 0 Å². The molecule has 1 aromatic heterocycles. The highest BCUT2D eigenvalue weighted by molar-refractivity contribution is 5.88. The zero-order chi connectivity index (χ0) is 13.7. The van der Waals surface area contributed by atoms with Crippen LogP contribution in [0, 0.1) is 0 Å². The summed E-state index contributed by atoms with van der Waals surface area (Å²) < 4.78 is 11.7. The van der Waals surface area contributed by atoms with E-state index in [4.69, 9.17) is 9.47 Å². The molecule has 0 spiro atoms. The molecular formula is C11H16N2O5.